The van der Waals surface area contributed by atoms with Crippen LogP contribution in [0.3, 0.4) is 0 Å². The highest BCUT2D eigenvalue weighted by molar-refractivity contribution is 5.95. The van der Waals surface area contributed by atoms with Gasteiger partial charge in [0.1, 0.15) is 6.04 Å². The first-order chi connectivity index (χ1) is 10.6. The minimum Gasteiger partial charge on any atom is -0.341 e. The van der Waals surface area contributed by atoms with E-state index in [0.717, 1.165) is 24.9 Å². The topological polar surface area (TPSA) is 62.3 Å². The number of hydrogen-bond donors (Lipinski definition) is 1. The fourth-order valence-electron chi connectivity index (χ4n) is 2.64. The summed E-state index contributed by atoms with van der Waals surface area (Å²) in [5.41, 5.74) is 0.897. The van der Waals surface area contributed by atoms with Crippen LogP contribution in [-0.4, -0.2) is 40.3 Å². The first-order valence-corrected chi connectivity index (χ1v) is 7.77. The minimum atomic E-state index is -0.504. The third-order valence-corrected chi connectivity index (χ3v) is 3.95. The average Bonchev–Trinajstić information content (AvgIpc) is 2.53. The number of amides is 2. The van der Waals surface area contributed by atoms with Gasteiger partial charge in [0.2, 0.25) is 11.8 Å². The predicted octanol–water partition coefficient (Wildman–Crippen LogP) is 2.00. The van der Waals surface area contributed by atoms with Crippen molar-refractivity contribution < 1.29 is 9.59 Å². The largest absolute Gasteiger partial charge is 0.341 e. The molecule has 2 rings (SSSR count). The highest BCUT2D eigenvalue weighted by atomic mass is 16.2. The second kappa shape index (κ2) is 7.73. The van der Waals surface area contributed by atoms with Gasteiger partial charge in [0, 0.05) is 31.1 Å². The molecule has 1 fully saturated rings. The molecule has 1 N–H and O–H groups in total. The van der Waals surface area contributed by atoms with Gasteiger partial charge in [-0.1, -0.05) is 0 Å². The number of hydrogen-bond acceptors (Lipinski definition) is 3. The first kappa shape index (κ1) is 16.2. The number of piperidine rings is 1. The van der Waals surface area contributed by atoms with Crippen molar-refractivity contribution >= 4 is 17.9 Å². The van der Waals surface area contributed by atoms with Crippen LogP contribution >= 0.6 is 0 Å². The smallest absolute Gasteiger partial charge is 0.245 e. The normalized spacial score (nSPS) is 19.9. The van der Waals surface area contributed by atoms with Crippen LogP contribution < -0.4 is 5.32 Å². The van der Waals surface area contributed by atoms with E-state index in [1.165, 1.54) is 12.5 Å². The molecule has 0 radical (unpaired) electrons. The van der Waals surface area contributed by atoms with Crippen LogP contribution in [0, 0.1) is 0 Å². The van der Waals surface area contributed by atoms with E-state index in [2.05, 4.69) is 17.2 Å². The van der Waals surface area contributed by atoms with Crippen molar-refractivity contribution in [3.05, 3.63) is 36.2 Å². The van der Waals surface area contributed by atoms with E-state index in [1.807, 2.05) is 17.0 Å². The number of carbonyl (C=O) groups excluding carboxylic acids is 2. The van der Waals surface area contributed by atoms with Crippen molar-refractivity contribution in [1.82, 2.24) is 15.2 Å². The molecule has 5 nitrogen and oxygen atoms in total. The van der Waals surface area contributed by atoms with Gasteiger partial charge in [0.05, 0.1) is 0 Å². The molecule has 5 heteroatoms. The van der Waals surface area contributed by atoms with Gasteiger partial charge in [-0.3, -0.25) is 14.6 Å². The molecule has 2 heterocycles. The van der Waals surface area contributed by atoms with Gasteiger partial charge in [0.15, 0.2) is 0 Å². The lowest BCUT2D eigenvalue weighted by Gasteiger charge is -2.35. The maximum atomic E-state index is 12.4. The van der Waals surface area contributed by atoms with E-state index in [4.69, 9.17) is 0 Å². The van der Waals surface area contributed by atoms with Crippen molar-refractivity contribution in [2.24, 2.45) is 0 Å². The molecule has 2 unspecified atom stereocenters. The summed E-state index contributed by atoms with van der Waals surface area (Å²) in [6.07, 6.45) is 9.73. The van der Waals surface area contributed by atoms with Gasteiger partial charge in [-0.05, 0) is 56.9 Å². The molecule has 1 aliphatic rings. The lowest BCUT2D eigenvalue weighted by atomic mass is 10.0. The van der Waals surface area contributed by atoms with Gasteiger partial charge in [-0.25, -0.2) is 0 Å². The van der Waals surface area contributed by atoms with Crippen LogP contribution in [0.1, 0.15) is 38.7 Å². The summed E-state index contributed by atoms with van der Waals surface area (Å²) in [6, 6.07) is 3.38. The second-order valence-electron chi connectivity index (χ2n) is 5.72. The molecule has 22 heavy (non-hydrogen) atoms. The fourth-order valence-corrected chi connectivity index (χ4v) is 2.64. The number of nitrogens with one attached hydrogen (secondary N) is 1. The molecule has 1 aliphatic heterocycles. The van der Waals surface area contributed by atoms with Crippen molar-refractivity contribution in [2.75, 3.05) is 6.54 Å². The molecule has 1 aromatic heterocycles. The van der Waals surface area contributed by atoms with Crippen molar-refractivity contribution in [1.29, 1.82) is 0 Å². The average molecular weight is 301 g/mol. The SMILES string of the molecule is CC(NC(=O)C=Cc1ccncc1)C(=O)N1CCCCC1C. The Hall–Kier alpha value is -2.17. The van der Waals surface area contributed by atoms with Gasteiger partial charge in [-0.2, -0.15) is 0 Å². The number of pyridine rings is 1. The van der Waals surface area contributed by atoms with Crippen molar-refractivity contribution in [2.45, 2.75) is 45.2 Å². The van der Waals surface area contributed by atoms with Gasteiger partial charge in [-0.15, -0.1) is 0 Å². The van der Waals surface area contributed by atoms with Gasteiger partial charge in [0.25, 0.3) is 0 Å². The quantitative estimate of drug-likeness (QED) is 0.865. The Morgan fingerprint density at radius 2 is 2.09 bits per heavy atom. The third-order valence-electron chi connectivity index (χ3n) is 3.95. The molecule has 0 aromatic carbocycles. The molecule has 0 spiro atoms. The van der Waals surface area contributed by atoms with Crippen molar-refractivity contribution in [3.8, 4) is 0 Å². The Bertz CT molecular complexity index is 542. The summed E-state index contributed by atoms with van der Waals surface area (Å²) in [5, 5.41) is 2.74. The molecule has 0 aliphatic carbocycles. The lowest BCUT2D eigenvalue weighted by molar-refractivity contribution is -0.138. The zero-order valence-electron chi connectivity index (χ0n) is 13.2. The van der Waals surface area contributed by atoms with E-state index < -0.39 is 6.04 Å². The van der Waals surface area contributed by atoms with Crippen LogP contribution in [0.5, 0.6) is 0 Å². The molecule has 0 bridgehead atoms. The Labute approximate surface area is 131 Å². The molecule has 2 atom stereocenters. The Morgan fingerprint density at radius 1 is 1.36 bits per heavy atom. The number of nitrogens with zero attached hydrogens (tertiary/aromatic N) is 2. The van der Waals surface area contributed by atoms with Crippen LogP contribution in [-0.2, 0) is 9.59 Å². The second-order valence-corrected chi connectivity index (χ2v) is 5.72. The summed E-state index contributed by atoms with van der Waals surface area (Å²) in [7, 11) is 0. The zero-order valence-corrected chi connectivity index (χ0v) is 13.2. The first-order valence-electron chi connectivity index (χ1n) is 7.77. The highest BCUT2D eigenvalue weighted by Crippen LogP contribution is 2.17. The molecule has 118 valence electrons. The minimum absolute atomic E-state index is 0.00198. The van der Waals surface area contributed by atoms with Crippen LogP contribution in [0.25, 0.3) is 6.08 Å². The van der Waals surface area contributed by atoms with E-state index in [-0.39, 0.29) is 17.9 Å². The molecule has 1 saturated heterocycles. The van der Waals surface area contributed by atoms with E-state index in [9.17, 15) is 9.59 Å². The summed E-state index contributed by atoms with van der Waals surface area (Å²) in [6.45, 7) is 4.59. The zero-order chi connectivity index (χ0) is 15.9. The Balaban J connectivity index is 1.88. The standard InChI is InChI=1S/C17H23N3O2/c1-13-5-3-4-12-20(13)17(22)14(2)19-16(21)7-6-15-8-10-18-11-9-15/h6-11,13-14H,3-5,12H2,1-2H3,(H,19,21). The maximum Gasteiger partial charge on any atom is 0.245 e. The number of rotatable bonds is 4. The Morgan fingerprint density at radius 3 is 2.77 bits per heavy atom. The monoisotopic (exact) mass is 301 g/mol. The van der Waals surface area contributed by atoms with Crippen LogP contribution in [0.2, 0.25) is 0 Å². The van der Waals surface area contributed by atoms with Gasteiger partial charge < -0.3 is 10.2 Å². The number of aromatic nitrogens is 1. The third kappa shape index (κ3) is 4.41. The number of likely N-dealkylation sites (tertiary alicyclic amines) is 1. The lowest BCUT2D eigenvalue weighted by Crippen LogP contribution is -2.51. The highest BCUT2D eigenvalue weighted by Gasteiger charge is 2.27. The summed E-state index contributed by atoms with van der Waals surface area (Å²) >= 11 is 0. The molecule has 1 aromatic rings. The molecule has 2 amide bonds. The summed E-state index contributed by atoms with van der Waals surface area (Å²) in [5.74, 6) is -0.264. The van der Waals surface area contributed by atoms with Crippen molar-refractivity contribution in [3.63, 3.8) is 0 Å². The summed E-state index contributed by atoms with van der Waals surface area (Å²) < 4.78 is 0. The predicted molar refractivity (Wildman–Crippen MR) is 85.9 cm³/mol. The van der Waals surface area contributed by atoms with Gasteiger partial charge >= 0.3 is 0 Å². The van der Waals surface area contributed by atoms with Crippen LogP contribution in [0.15, 0.2) is 30.6 Å². The maximum absolute atomic E-state index is 12.4. The van der Waals surface area contributed by atoms with Crippen LogP contribution in [0.4, 0.5) is 0 Å². The molecular weight excluding hydrogens is 278 g/mol. The number of carbonyl (C=O) groups is 2. The fraction of sp³-hybridized carbons (Fsp3) is 0.471. The van der Waals surface area contributed by atoms with E-state index >= 15 is 0 Å². The molecule has 0 saturated carbocycles. The summed E-state index contributed by atoms with van der Waals surface area (Å²) in [4.78, 5) is 30.1. The van der Waals surface area contributed by atoms with E-state index in [1.54, 1.807) is 25.4 Å². The molecular formula is C17H23N3O2. The van der Waals surface area contributed by atoms with E-state index in [0.29, 0.717) is 0 Å². The Kier molecular flexibility index (Phi) is 5.69.